The van der Waals surface area contributed by atoms with Gasteiger partial charge in [-0.15, -0.1) is 0 Å². The molecule has 5 nitrogen and oxygen atoms in total. The molecule has 0 unspecified atom stereocenters. The number of fused-ring (bicyclic) bond motifs is 1. The molecular formula is C6H4N4O. The predicted octanol–water partition coefficient (Wildman–Crippen LogP) is -0.287. The number of hydrogen-bond donors (Lipinski definition) is 1. The molecule has 5 heteroatoms. The van der Waals surface area contributed by atoms with Gasteiger partial charge in [0.2, 0.25) is 0 Å². The minimum atomic E-state index is -0.371. The van der Waals surface area contributed by atoms with Crippen molar-refractivity contribution in [2.24, 2.45) is 0 Å². The number of nitrogens with one attached hydrogen (secondary N) is 1. The summed E-state index contributed by atoms with van der Waals surface area (Å²) in [7, 11) is 0. The largest absolute Gasteiger partial charge is 0.290 e. The summed E-state index contributed by atoms with van der Waals surface area (Å²) < 4.78 is 0. The maximum Gasteiger partial charge on any atom is 0.290 e. The maximum absolute atomic E-state index is 10.8. The highest BCUT2D eigenvalue weighted by atomic mass is 16.1. The molecule has 0 radical (unpaired) electrons. The molecule has 11 heavy (non-hydrogen) atoms. The van der Waals surface area contributed by atoms with Crippen LogP contribution in [0.2, 0.25) is 0 Å². The number of aromatic nitrogens is 4. The Kier molecular flexibility index (Phi) is 1.15. The van der Waals surface area contributed by atoms with Crippen molar-refractivity contribution in [3.05, 3.63) is 28.9 Å². The third kappa shape index (κ3) is 0.958. The molecule has 2 rings (SSSR count). The van der Waals surface area contributed by atoms with Crippen molar-refractivity contribution < 1.29 is 0 Å². The van der Waals surface area contributed by atoms with Crippen LogP contribution < -0.4 is 5.56 Å². The summed E-state index contributed by atoms with van der Waals surface area (Å²) in [5.41, 5.74) is 0.0942. The van der Waals surface area contributed by atoms with Crippen LogP contribution in [0.3, 0.4) is 0 Å². The second-order valence-electron chi connectivity index (χ2n) is 2.03. The van der Waals surface area contributed by atoms with Crippen LogP contribution in [0.25, 0.3) is 11.0 Å². The molecule has 54 valence electrons. The smallest absolute Gasteiger partial charge is 0.266 e. The Morgan fingerprint density at radius 3 is 3.09 bits per heavy atom. The normalized spacial score (nSPS) is 10.2. The molecule has 0 bridgehead atoms. The summed E-state index contributed by atoms with van der Waals surface area (Å²) in [5.74, 6) is 0. The molecule has 0 saturated heterocycles. The van der Waals surface area contributed by atoms with Gasteiger partial charge in [0, 0.05) is 6.20 Å². The third-order valence-electron chi connectivity index (χ3n) is 1.27. The Hall–Kier alpha value is -1.78. The molecule has 0 saturated carbocycles. The second-order valence-corrected chi connectivity index (χ2v) is 2.03. The van der Waals surface area contributed by atoms with Gasteiger partial charge in [0.15, 0.2) is 5.65 Å². The molecule has 0 spiro atoms. The van der Waals surface area contributed by atoms with E-state index in [-0.39, 0.29) is 5.56 Å². The van der Waals surface area contributed by atoms with Crippen LogP contribution in [-0.4, -0.2) is 20.2 Å². The lowest BCUT2D eigenvalue weighted by molar-refractivity contribution is 1.09. The van der Waals surface area contributed by atoms with Crippen molar-refractivity contribution in [2.75, 3.05) is 0 Å². The molecule has 0 aliphatic rings. The van der Waals surface area contributed by atoms with Gasteiger partial charge in [-0.05, 0) is 0 Å². The van der Waals surface area contributed by atoms with Crippen LogP contribution in [0, 0.1) is 0 Å². The molecule has 0 fully saturated rings. The van der Waals surface area contributed by atoms with Crippen LogP contribution >= 0.6 is 0 Å². The minimum absolute atomic E-state index is 0.371. The van der Waals surface area contributed by atoms with Gasteiger partial charge in [-0.25, -0.2) is 0 Å². The fraction of sp³-hybridized carbons (Fsp3) is 0. The fourth-order valence-electron chi connectivity index (χ4n) is 0.793. The summed E-state index contributed by atoms with van der Waals surface area (Å²) in [6, 6.07) is 0. The summed E-state index contributed by atoms with van der Waals surface area (Å²) in [5, 5.41) is 7.01. The highest BCUT2D eigenvalue weighted by Crippen LogP contribution is 1.99. The van der Waals surface area contributed by atoms with Gasteiger partial charge in [-0.2, -0.15) is 10.1 Å². The first-order valence-corrected chi connectivity index (χ1v) is 3.02. The third-order valence-corrected chi connectivity index (χ3v) is 1.27. The van der Waals surface area contributed by atoms with Gasteiger partial charge >= 0.3 is 0 Å². The molecule has 0 atom stereocenters. The van der Waals surface area contributed by atoms with Gasteiger partial charge in [0.1, 0.15) is 0 Å². The number of hydrogen-bond acceptors (Lipinski definition) is 4. The van der Waals surface area contributed by atoms with Crippen molar-refractivity contribution in [3.63, 3.8) is 0 Å². The first-order chi connectivity index (χ1) is 5.36. The van der Waals surface area contributed by atoms with Crippen LogP contribution in [0.4, 0.5) is 0 Å². The van der Waals surface area contributed by atoms with Gasteiger partial charge < -0.3 is 0 Å². The van der Waals surface area contributed by atoms with Crippen molar-refractivity contribution in [3.8, 4) is 0 Å². The van der Waals surface area contributed by atoms with E-state index in [9.17, 15) is 4.79 Å². The second kappa shape index (κ2) is 2.12. The monoisotopic (exact) mass is 148 g/mol. The highest BCUT2D eigenvalue weighted by molar-refractivity contribution is 5.71. The van der Waals surface area contributed by atoms with E-state index in [1.54, 1.807) is 6.20 Å². The van der Waals surface area contributed by atoms with E-state index in [0.717, 1.165) is 11.6 Å². The average Bonchev–Trinajstić information content (AvgIpc) is 2.31. The quantitative estimate of drug-likeness (QED) is 0.557. The van der Waals surface area contributed by atoms with E-state index in [0.29, 0.717) is 5.65 Å². The van der Waals surface area contributed by atoms with Crippen molar-refractivity contribution >= 4 is 11.0 Å². The number of H-pyrrole nitrogens is 1. The molecule has 0 aliphatic carbocycles. The van der Waals surface area contributed by atoms with E-state index < -0.39 is 0 Å². The van der Waals surface area contributed by atoms with E-state index >= 15 is 0 Å². The lowest BCUT2D eigenvalue weighted by atomic mass is 10.5. The van der Waals surface area contributed by atoms with Crippen LogP contribution in [-0.2, 0) is 0 Å². The topological polar surface area (TPSA) is 71.5 Å². The summed E-state index contributed by atoms with van der Waals surface area (Å²) >= 11 is 0. The van der Waals surface area contributed by atoms with Crippen LogP contribution in [0.5, 0.6) is 0 Å². The molecular weight excluding hydrogens is 144 g/mol. The van der Waals surface area contributed by atoms with Crippen molar-refractivity contribution in [1.29, 1.82) is 0 Å². The molecule has 1 N–H and O–H groups in total. The average molecular weight is 148 g/mol. The highest BCUT2D eigenvalue weighted by Gasteiger charge is 1.93. The van der Waals surface area contributed by atoms with Gasteiger partial charge in [0.25, 0.3) is 5.56 Å². The van der Waals surface area contributed by atoms with Gasteiger partial charge in [-0.3, -0.25) is 14.9 Å². The Bertz CT molecular complexity index is 436. The lowest BCUT2D eigenvalue weighted by Gasteiger charge is -1.70. The number of aromatic amines is 1. The van der Waals surface area contributed by atoms with Crippen LogP contribution in [0.1, 0.15) is 0 Å². The number of nitrogens with zero attached hydrogens (tertiary/aromatic N) is 3. The first kappa shape index (κ1) is 5.96. The van der Waals surface area contributed by atoms with Crippen molar-refractivity contribution in [2.45, 2.75) is 0 Å². The molecule has 2 heterocycles. The zero-order valence-electron chi connectivity index (χ0n) is 5.48. The molecule has 0 amide bonds. The molecule has 2 aromatic rings. The molecule has 0 aromatic carbocycles. The van der Waals surface area contributed by atoms with E-state index in [2.05, 4.69) is 20.2 Å². The van der Waals surface area contributed by atoms with Crippen LogP contribution in [0.15, 0.2) is 23.4 Å². The SMILES string of the molecule is O=c1cncc2cn[nH]c2n1. The zero-order valence-corrected chi connectivity index (χ0v) is 5.48. The standard InChI is InChI=1S/C6H4N4O/c11-5-3-7-1-4-2-8-10-6(4)9-5/h1-3H,(H,9,10,11). The Morgan fingerprint density at radius 2 is 2.18 bits per heavy atom. The summed E-state index contributed by atoms with van der Waals surface area (Å²) in [4.78, 5) is 18.1. The van der Waals surface area contributed by atoms with E-state index in [1.165, 1.54) is 6.20 Å². The Morgan fingerprint density at radius 1 is 1.27 bits per heavy atom. The van der Waals surface area contributed by atoms with Gasteiger partial charge in [-0.1, -0.05) is 0 Å². The Balaban J connectivity index is 3.00. The number of rotatable bonds is 0. The Labute approximate surface area is 61.1 Å². The zero-order chi connectivity index (χ0) is 7.68. The summed E-state index contributed by atoms with van der Waals surface area (Å²) in [6.07, 6.45) is 4.26. The van der Waals surface area contributed by atoms with Crippen molar-refractivity contribution in [1.82, 2.24) is 20.2 Å². The minimum Gasteiger partial charge on any atom is -0.266 e. The molecule has 2 aromatic heterocycles. The van der Waals surface area contributed by atoms with E-state index in [4.69, 9.17) is 0 Å². The maximum atomic E-state index is 10.8. The van der Waals surface area contributed by atoms with E-state index in [1.807, 2.05) is 0 Å². The van der Waals surface area contributed by atoms with Gasteiger partial charge in [0.05, 0.1) is 17.8 Å². The fourth-order valence-corrected chi connectivity index (χ4v) is 0.793. The summed E-state index contributed by atoms with van der Waals surface area (Å²) in [6.45, 7) is 0. The predicted molar refractivity (Wildman–Crippen MR) is 38.0 cm³/mol. The first-order valence-electron chi connectivity index (χ1n) is 3.02. The molecule has 0 aliphatic heterocycles. The lowest BCUT2D eigenvalue weighted by Crippen LogP contribution is -1.99.